The number of carbonyl (C=O) groups is 2. The third-order valence-corrected chi connectivity index (χ3v) is 3.52. The third kappa shape index (κ3) is 2.22. The van der Waals surface area contributed by atoms with E-state index in [1.54, 1.807) is 18.3 Å². The molecule has 1 N–H and O–H groups in total. The Bertz CT molecular complexity index is 865. The van der Waals surface area contributed by atoms with Crippen LogP contribution < -0.4 is 0 Å². The lowest BCUT2D eigenvalue weighted by molar-refractivity contribution is 0.0600. The first kappa shape index (κ1) is 13.9. The maximum atomic E-state index is 11.6. The second kappa shape index (κ2) is 5.37. The Morgan fingerprint density at radius 3 is 2.45 bits per heavy atom. The lowest BCUT2D eigenvalue weighted by Crippen LogP contribution is -2.07. The van der Waals surface area contributed by atoms with E-state index in [1.165, 1.54) is 13.2 Å². The number of ether oxygens (including phenoxy) is 1. The fourth-order valence-electron chi connectivity index (χ4n) is 2.48. The van der Waals surface area contributed by atoms with Crippen LogP contribution in [0.5, 0.6) is 0 Å². The molecule has 1 aromatic heterocycles. The van der Waals surface area contributed by atoms with Gasteiger partial charge < -0.3 is 9.84 Å². The van der Waals surface area contributed by atoms with Gasteiger partial charge in [0.2, 0.25) is 0 Å². The largest absolute Gasteiger partial charge is 0.465 e. The fourth-order valence-corrected chi connectivity index (χ4v) is 2.48. The smallest absolute Gasteiger partial charge is 0.416 e. The van der Waals surface area contributed by atoms with Gasteiger partial charge in [0.15, 0.2) is 0 Å². The summed E-state index contributed by atoms with van der Waals surface area (Å²) in [4.78, 5) is 23.1. The molecule has 5 nitrogen and oxygen atoms in total. The normalized spacial score (nSPS) is 10.6. The van der Waals surface area contributed by atoms with Gasteiger partial charge in [-0.15, -0.1) is 0 Å². The third-order valence-electron chi connectivity index (χ3n) is 3.52. The molecule has 0 amide bonds. The fraction of sp³-hybridized carbons (Fsp3) is 0.0588. The predicted octanol–water partition coefficient (Wildman–Crippen LogP) is 3.62. The number of fused-ring (bicyclic) bond motifs is 1. The average molecular weight is 295 g/mol. The van der Waals surface area contributed by atoms with Gasteiger partial charge in [0, 0.05) is 17.1 Å². The monoisotopic (exact) mass is 295 g/mol. The molecular weight excluding hydrogens is 282 g/mol. The van der Waals surface area contributed by atoms with Gasteiger partial charge in [-0.05, 0) is 17.7 Å². The number of hydrogen-bond acceptors (Lipinski definition) is 3. The Hall–Kier alpha value is -3.08. The van der Waals surface area contributed by atoms with Gasteiger partial charge in [0.05, 0.1) is 18.2 Å². The van der Waals surface area contributed by atoms with E-state index in [9.17, 15) is 14.7 Å². The molecule has 110 valence electrons. The highest BCUT2D eigenvalue weighted by molar-refractivity contribution is 6.03. The van der Waals surface area contributed by atoms with Crippen molar-refractivity contribution >= 4 is 23.0 Å². The second-order valence-corrected chi connectivity index (χ2v) is 4.78. The number of carboxylic acid groups (broad SMARTS) is 1. The maximum absolute atomic E-state index is 11.6. The standard InChI is InChI=1S/C17H13NO4/c1-22-16(19)12-7-8-13-14(11-5-3-2-4-6-11)10-18(17(20)21)15(13)9-12/h2-10H,1H3,(H,20,21). The van der Waals surface area contributed by atoms with Gasteiger partial charge in [-0.25, -0.2) is 9.59 Å². The molecule has 0 unspecified atom stereocenters. The van der Waals surface area contributed by atoms with E-state index in [4.69, 9.17) is 0 Å². The number of nitrogens with zero attached hydrogens (tertiary/aromatic N) is 1. The van der Waals surface area contributed by atoms with E-state index in [-0.39, 0.29) is 0 Å². The Balaban J connectivity index is 2.28. The summed E-state index contributed by atoms with van der Waals surface area (Å²) in [6.45, 7) is 0. The molecule has 0 fully saturated rings. The van der Waals surface area contributed by atoms with Gasteiger partial charge in [-0.2, -0.15) is 0 Å². The lowest BCUT2D eigenvalue weighted by Gasteiger charge is -2.02. The summed E-state index contributed by atoms with van der Waals surface area (Å²) in [6, 6.07) is 14.4. The first-order chi connectivity index (χ1) is 10.6. The molecule has 0 aliphatic rings. The highest BCUT2D eigenvalue weighted by Gasteiger charge is 2.16. The zero-order valence-corrected chi connectivity index (χ0v) is 11.8. The summed E-state index contributed by atoms with van der Waals surface area (Å²) in [6.07, 6.45) is 0.456. The molecule has 3 rings (SSSR count). The van der Waals surface area contributed by atoms with Crippen molar-refractivity contribution in [1.82, 2.24) is 4.57 Å². The van der Waals surface area contributed by atoms with E-state index >= 15 is 0 Å². The van der Waals surface area contributed by atoms with Crippen LogP contribution in [-0.2, 0) is 4.74 Å². The van der Waals surface area contributed by atoms with Gasteiger partial charge in [0.1, 0.15) is 0 Å². The van der Waals surface area contributed by atoms with E-state index in [1.807, 2.05) is 30.3 Å². The maximum Gasteiger partial charge on any atom is 0.416 e. The van der Waals surface area contributed by atoms with Gasteiger partial charge >= 0.3 is 12.1 Å². The number of methoxy groups -OCH3 is 1. The van der Waals surface area contributed by atoms with Crippen LogP contribution in [0.4, 0.5) is 4.79 Å². The minimum Gasteiger partial charge on any atom is -0.465 e. The number of esters is 1. The molecule has 5 heteroatoms. The Morgan fingerprint density at radius 1 is 1.09 bits per heavy atom. The molecule has 0 saturated carbocycles. The molecule has 0 atom stereocenters. The van der Waals surface area contributed by atoms with Crippen molar-refractivity contribution in [3.8, 4) is 11.1 Å². The summed E-state index contributed by atoms with van der Waals surface area (Å²) in [5.74, 6) is -0.499. The second-order valence-electron chi connectivity index (χ2n) is 4.78. The quantitative estimate of drug-likeness (QED) is 0.733. The van der Waals surface area contributed by atoms with Crippen LogP contribution in [0.2, 0.25) is 0 Å². The SMILES string of the molecule is COC(=O)c1ccc2c(-c3ccccc3)cn(C(=O)O)c2c1. The topological polar surface area (TPSA) is 68.5 Å². The summed E-state index contributed by atoms with van der Waals surface area (Å²) in [5, 5.41) is 10.1. The van der Waals surface area contributed by atoms with Crippen molar-refractivity contribution in [2.75, 3.05) is 7.11 Å². The predicted molar refractivity (Wildman–Crippen MR) is 82.1 cm³/mol. The zero-order valence-electron chi connectivity index (χ0n) is 11.8. The molecule has 2 aromatic carbocycles. The molecule has 0 spiro atoms. The molecule has 0 saturated heterocycles. The van der Waals surface area contributed by atoms with Crippen LogP contribution in [0.3, 0.4) is 0 Å². The van der Waals surface area contributed by atoms with Crippen molar-refractivity contribution in [3.63, 3.8) is 0 Å². The minimum atomic E-state index is -1.10. The Kier molecular flexibility index (Phi) is 3.39. The number of aromatic nitrogens is 1. The van der Waals surface area contributed by atoms with Crippen molar-refractivity contribution in [1.29, 1.82) is 0 Å². The molecule has 0 aliphatic heterocycles. The van der Waals surface area contributed by atoms with Crippen LogP contribution >= 0.6 is 0 Å². The Labute approximate surface area is 126 Å². The van der Waals surface area contributed by atoms with Gasteiger partial charge in [-0.1, -0.05) is 36.4 Å². The van der Waals surface area contributed by atoms with Crippen LogP contribution in [-0.4, -0.2) is 28.8 Å². The van der Waals surface area contributed by atoms with E-state index in [2.05, 4.69) is 4.74 Å². The lowest BCUT2D eigenvalue weighted by atomic mass is 10.0. The zero-order chi connectivity index (χ0) is 15.7. The molecule has 0 bridgehead atoms. The van der Waals surface area contributed by atoms with Gasteiger partial charge in [0.25, 0.3) is 0 Å². The Morgan fingerprint density at radius 2 is 1.82 bits per heavy atom. The minimum absolute atomic E-state index is 0.315. The number of benzene rings is 2. The van der Waals surface area contributed by atoms with Crippen molar-refractivity contribution in [2.24, 2.45) is 0 Å². The molecule has 1 heterocycles. The molecule has 0 aliphatic carbocycles. The van der Waals surface area contributed by atoms with Crippen molar-refractivity contribution in [3.05, 3.63) is 60.3 Å². The van der Waals surface area contributed by atoms with E-state index in [0.717, 1.165) is 21.1 Å². The first-order valence-electron chi connectivity index (χ1n) is 6.64. The first-order valence-corrected chi connectivity index (χ1v) is 6.64. The van der Waals surface area contributed by atoms with Crippen molar-refractivity contribution in [2.45, 2.75) is 0 Å². The molecule has 0 radical (unpaired) electrons. The summed E-state index contributed by atoms with van der Waals surface area (Å²) >= 11 is 0. The number of carbonyl (C=O) groups excluding carboxylic acids is 1. The summed E-state index contributed by atoms with van der Waals surface area (Å²) < 4.78 is 5.80. The highest BCUT2D eigenvalue weighted by Crippen LogP contribution is 2.31. The van der Waals surface area contributed by atoms with Gasteiger partial charge in [-0.3, -0.25) is 4.57 Å². The highest BCUT2D eigenvalue weighted by atomic mass is 16.5. The summed E-state index contributed by atoms with van der Waals surface area (Å²) in [5.41, 5.74) is 2.48. The van der Waals surface area contributed by atoms with Crippen LogP contribution in [0.25, 0.3) is 22.0 Å². The number of hydrogen-bond donors (Lipinski definition) is 1. The average Bonchev–Trinajstić information content (AvgIpc) is 2.94. The van der Waals surface area contributed by atoms with E-state index < -0.39 is 12.1 Å². The van der Waals surface area contributed by atoms with Crippen molar-refractivity contribution < 1.29 is 19.4 Å². The number of rotatable bonds is 2. The van der Waals surface area contributed by atoms with Crippen LogP contribution in [0.1, 0.15) is 10.4 Å². The van der Waals surface area contributed by atoms with Crippen LogP contribution in [0.15, 0.2) is 54.7 Å². The van der Waals surface area contributed by atoms with E-state index in [0.29, 0.717) is 11.1 Å². The van der Waals surface area contributed by atoms with Crippen LogP contribution in [0, 0.1) is 0 Å². The summed E-state index contributed by atoms with van der Waals surface area (Å²) in [7, 11) is 1.29. The molecule has 22 heavy (non-hydrogen) atoms. The molecular formula is C17H13NO4. The molecule has 3 aromatic rings.